The van der Waals surface area contributed by atoms with Crippen LogP contribution in [0.1, 0.15) is 0 Å². The second kappa shape index (κ2) is 7.70. The number of furan rings is 1. The van der Waals surface area contributed by atoms with E-state index >= 15 is 0 Å². The molecule has 0 fully saturated rings. The van der Waals surface area contributed by atoms with Crippen molar-refractivity contribution < 1.29 is 4.42 Å². The minimum Gasteiger partial charge on any atom is -0.454 e. The minimum atomic E-state index is 0.755. The molecule has 0 aliphatic carbocycles. The number of rotatable bonds is 2. The van der Waals surface area contributed by atoms with Crippen molar-refractivity contribution in [2.45, 2.75) is 0 Å². The van der Waals surface area contributed by atoms with Crippen molar-refractivity contribution in [1.82, 2.24) is 15.0 Å². The average Bonchev–Trinajstić information content (AvgIpc) is 3.34. The largest absolute Gasteiger partial charge is 0.454 e. The summed E-state index contributed by atoms with van der Waals surface area (Å²) in [6.07, 6.45) is 0. The van der Waals surface area contributed by atoms with Crippen molar-refractivity contribution in [1.29, 1.82) is 0 Å². The molecule has 0 radical (unpaired) electrons. The topological polar surface area (TPSA) is 51.8 Å². The highest BCUT2D eigenvalue weighted by molar-refractivity contribution is 6.15. The highest BCUT2D eigenvalue weighted by Crippen LogP contribution is 2.39. The van der Waals surface area contributed by atoms with Crippen LogP contribution < -0.4 is 0 Å². The van der Waals surface area contributed by atoms with Crippen LogP contribution in [-0.4, -0.2) is 15.0 Å². The summed E-state index contributed by atoms with van der Waals surface area (Å²) in [5, 5.41) is 4.13. The van der Waals surface area contributed by atoms with Gasteiger partial charge in [-0.2, -0.15) is 0 Å². The van der Waals surface area contributed by atoms with Crippen LogP contribution in [-0.2, 0) is 0 Å². The number of hydrogen-bond acceptors (Lipinski definition) is 4. The molecule has 8 rings (SSSR count). The molecule has 4 heteroatoms. The normalized spacial score (nSPS) is 11.8. The lowest BCUT2D eigenvalue weighted by molar-refractivity contribution is 0.669. The maximum Gasteiger partial charge on any atom is 0.163 e. The molecule has 0 saturated carbocycles. The number of nitrogens with zero attached hydrogens (tertiary/aromatic N) is 3. The third-order valence-electron chi connectivity index (χ3n) is 7.05. The summed E-state index contributed by atoms with van der Waals surface area (Å²) < 4.78 is 6.40. The fourth-order valence-corrected chi connectivity index (χ4v) is 5.27. The quantitative estimate of drug-likeness (QED) is 0.236. The molecule has 0 N–H and O–H groups in total. The van der Waals surface area contributed by atoms with Gasteiger partial charge in [0.15, 0.2) is 5.58 Å². The lowest BCUT2D eigenvalue weighted by atomic mass is 10.0. The molecule has 4 aromatic heterocycles. The SMILES string of the molecule is c1ccc(-c2ccc3ccc4ccc(-c5c6ccccc6nc6c5oc5ccccc56)nc4c3n2)cc1. The first-order valence-electron chi connectivity index (χ1n) is 12.3. The molecule has 0 spiro atoms. The maximum atomic E-state index is 6.40. The average molecular weight is 474 g/mol. The smallest absolute Gasteiger partial charge is 0.163 e. The molecule has 0 amide bonds. The Labute approximate surface area is 211 Å². The second-order valence-electron chi connectivity index (χ2n) is 9.25. The standard InChI is InChI=1S/C33H19N3O/c1-2-8-20(9-3-1)25-18-16-21-14-15-22-17-19-27(36-31(22)30(21)34-25)29-23-10-4-6-12-26(23)35-32-24-11-5-7-13-28(24)37-33(29)32/h1-19H. The van der Waals surface area contributed by atoms with E-state index in [1.807, 2.05) is 54.6 Å². The van der Waals surface area contributed by atoms with E-state index in [1.54, 1.807) is 0 Å². The lowest BCUT2D eigenvalue weighted by Crippen LogP contribution is -1.93. The van der Waals surface area contributed by atoms with Gasteiger partial charge in [-0.05, 0) is 30.3 Å². The molecule has 0 aliphatic heterocycles. The summed E-state index contributed by atoms with van der Waals surface area (Å²) in [7, 11) is 0. The van der Waals surface area contributed by atoms with E-state index in [1.165, 1.54) is 0 Å². The van der Waals surface area contributed by atoms with Gasteiger partial charge in [-0.15, -0.1) is 0 Å². The zero-order valence-corrected chi connectivity index (χ0v) is 19.7. The summed E-state index contributed by atoms with van der Waals surface area (Å²) in [5.74, 6) is 0. The third kappa shape index (κ3) is 3.06. The Morgan fingerprint density at radius 1 is 0.459 bits per heavy atom. The zero-order valence-electron chi connectivity index (χ0n) is 19.7. The number of benzene rings is 4. The summed E-state index contributed by atoms with van der Waals surface area (Å²) >= 11 is 0. The van der Waals surface area contributed by atoms with E-state index < -0.39 is 0 Å². The number of hydrogen-bond donors (Lipinski definition) is 0. The summed E-state index contributed by atoms with van der Waals surface area (Å²) in [6.45, 7) is 0. The first-order valence-corrected chi connectivity index (χ1v) is 12.3. The van der Waals surface area contributed by atoms with E-state index in [2.05, 4.69) is 60.7 Å². The van der Waals surface area contributed by atoms with Gasteiger partial charge in [0.05, 0.1) is 33.5 Å². The van der Waals surface area contributed by atoms with Gasteiger partial charge in [0, 0.05) is 27.1 Å². The van der Waals surface area contributed by atoms with Crippen LogP contribution >= 0.6 is 0 Å². The fourth-order valence-electron chi connectivity index (χ4n) is 5.27. The van der Waals surface area contributed by atoms with E-state index in [0.717, 1.165) is 77.3 Å². The van der Waals surface area contributed by atoms with Crippen molar-refractivity contribution in [3.05, 3.63) is 115 Å². The van der Waals surface area contributed by atoms with E-state index in [0.29, 0.717) is 0 Å². The van der Waals surface area contributed by atoms with Gasteiger partial charge in [-0.25, -0.2) is 15.0 Å². The maximum absolute atomic E-state index is 6.40. The first-order chi connectivity index (χ1) is 18.3. The van der Waals surface area contributed by atoms with Gasteiger partial charge < -0.3 is 4.42 Å². The highest BCUT2D eigenvalue weighted by atomic mass is 16.3. The first kappa shape index (κ1) is 20.1. The van der Waals surface area contributed by atoms with Crippen molar-refractivity contribution in [2.75, 3.05) is 0 Å². The number of pyridine rings is 3. The van der Waals surface area contributed by atoms with E-state index in [4.69, 9.17) is 19.4 Å². The van der Waals surface area contributed by atoms with Gasteiger partial charge in [0.2, 0.25) is 0 Å². The molecule has 37 heavy (non-hydrogen) atoms. The van der Waals surface area contributed by atoms with Crippen LogP contribution in [0, 0.1) is 0 Å². The van der Waals surface area contributed by atoms with Gasteiger partial charge in [0.25, 0.3) is 0 Å². The Balaban J connectivity index is 1.46. The minimum absolute atomic E-state index is 0.755. The van der Waals surface area contributed by atoms with Crippen molar-refractivity contribution in [3.63, 3.8) is 0 Å². The van der Waals surface area contributed by atoms with Gasteiger partial charge >= 0.3 is 0 Å². The molecule has 4 nitrogen and oxygen atoms in total. The molecule has 4 heterocycles. The van der Waals surface area contributed by atoms with Gasteiger partial charge in [-0.1, -0.05) is 84.9 Å². The molecule has 0 atom stereocenters. The Kier molecular flexibility index (Phi) is 4.19. The van der Waals surface area contributed by atoms with Gasteiger partial charge in [0.1, 0.15) is 11.1 Å². The van der Waals surface area contributed by atoms with Crippen molar-refractivity contribution in [2.24, 2.45) is 0 Å². The Morgan fingerprint density at radius 2 is 1.08 bits per heavy atom. The van der Waals surface area contributed by atoms with Crippen LogP contribution in [0.3, 0.4) is 0 Å². The highest BCUT2D eigenvalue weighted by Gasteiger charge is 2.19. The lowest BCUT2D eigenvalue weighted by Gasteiger charge is -2.10. The molecular weight excluding hydrogens is 454 g/mol. The molecule has 8 aromatic rings. The third-order valence-corrected chi connectivity index (χ3v) is 7.05. The monoisotopic (exact) mass is 473 g/mol. The Hall–Kier alpha value is -5.09. The number of para-hydroxylation sites is 2. The van der Waals surface area contributed by atoms with Crippen LogP contribution in [0.15, 0.2) is 120 Å². The van der Waals surface area contributed by atoms with Crippen LogP contribution in [0.25, 0.3) is 77.3 Å². The number of aromatic nitrogens is 3. The van der Waals surface area contributed by atoms with Crippen LogP contribution in [0.4, 0.5) is 0 Å². The van der Waals surface area contributed by atoms with E-state index in [9.17, 15) is 0 Å². The molecule has 0 bridgehead atoms. The predicted molar refractivity (Wildman–Crippen MR) is 150 cm³/mol. The zero-order chi connectivity index (χ0) is 24.3. The van der Waals surface area contributed by atoms with Crippen molar-refractivity contribution in [3.8, 4) is 22.5 Å². The van der Waals surface area contributed by atoms with Crippen LogP contribution in [0.5, 0.6) is 0 Å². The molecule has 0 unspecified atom stereocenters. The number of fused-ring (bicyclic) bond motifs is 7. The molecule has 0 aliphatic rings. The van der Waals surface area contributed by atoms with Crippen LogP contribution in [0.2, 0.25) is 0 Å². The molecule has 4 aromatic carbocycles. The summed E-state index contributed by atoms with van der Waals surface area (Å²) in [5.41, 5.74) is 8.92. The summed E-state index contributed by atoms with van der Waals surface area (Å²) in [6, 6.07) is 39.1. The van der Waals surface area contributed by atoms with Gasteiger partial charge in [-0.3, -0.25) is 0 Å². The summed E-state index contributed by atoms with van der Waals surface area (Å²) in [4.78, 5) is 15.3. The fraction of sp³-hybridized carbons (Fsp3) is 0. The van der Waals surface area contributed by atoms with Crippen molar-refractivity contribution >= 4 is 54.8 Å². The molecule has 172 valence electrons. The second-order valence-corrected chi connectivity index (χ2v) is 9.25. The Bertz CT molecular complexity index is 2150. The molecular formula is C33H19N3O. The Morgan fingerprint density at radius 3 is 1.89 bits per heavy atom. The van der Waals surface area contributed by atoms with E-state index in [-0.39, 0.29) is 0 Å². The predicted octanol–water partition coefficient (Wildman–Crippen LogP) is 8.56. The molecule has 0 saturated heterocycles.